The number of aromatic carboxylic acids is 1. The Hall–Kier alpha value is -2.85. The van der Waals surface area contributed by atoms with Gasteiger partial charge in [-0.25, -0.2) is 4.79 Å². The standard InChI is InChI=1S/C24H27NO3/c1-25(2)16-21-11-10-18(12-17-6-4-8-20(13-17)24(26)27)14-23(21)19-7-5-9-22(15-19)28-3/h4-9,12-15,21H,10-11,16H2,1-3H3,(H,26,27). The van der Waals surface area contributed by atoms with Crippen LogP contribution in [0.1, 0.15) is 34.3 Å². The predicted octanol–water partition coefficient (Wildman–Crippen LogP) is 4.83. The molecule has 1 atom stereocenters. The zero-order chi connectivity index (χ0) is 20.1. The van der Waals surface area contributed by atoms with Crippen molar-refractivity contribution in [3.63, 3.8) is 0 Å². The second kappa shape index (κ2) is 8.89. The number of allylic oxidation sites excluding steroid dienone is 2. The highest BCUT2D eigenvalue weighted by molar-refractivity contribution is 5.88. The van der Waals surface area contributed by atoms with Crippen LogP contribution in [0.4, 0.5) is 0 Å². The Bertz CT molecular complexity index is 912. The summed E-state index contributed by atoms with van der Waals surface area (Å²) < 4.78 is 5.41. The summed E-state index contributed by atoms with van der Waals surface area (Å²) >= 11 is 0. The Morgan fingerprint density at radius 1 is 1.21 bits per heavy atom. The quantitative estimate of drug-likeness (QED) is 0.783. The van der Waals surface area contributed by atoms with Gasteiger partial charge in [0.1, 0.15) is 5.75 Å². The van der Waals surface area contributed by atoms with E-state index in [1.165, 1.54) is 16.7 Å². The molecule has 2 aromatic carbocycles. The third-order valence-corrected chi connectivity index (χ3v) is 5.04. The molecule has 0 amide bonds. The molecule has 0 fully saturated rings. The molecule has 1 aliphatic carbocycles. The number of ether oxygens (including phenoxy) is 1. The Kier molecular flexibility index (Phi) is 6.32. The van der Waals surface area contributed by atoms with E-state index in [1.54, 1.807) is 25.3 Å². The van der Waals surface area contributed by atoms with Crippen molar-refractivity contribution in [2.45, 2.75) is 12.8 Å². The Balaban J connectivity index is 1.99. The number of carboxylic acids is 1. The second-order valence-corrected chi connectivity index (χ2v) is 7.48. The molecule has 4 nitrogen and oxygen atoms in total. The van der Waals surface area contributed by atoms with Gasteiger partial charge in [0, 0.05) is 6.54 Å². The van der Waals surface area contributed by atoms with Gasteiger partial charge in [-0.1, -0.05) is 36.4 Å². The minimum atomic E-state index is -0.900. The third kappa shape index (κ3) is 4.90. The molecule has 1 unspecified atom stereocenters. The van der Waals surface area contributed by atoms with Gasteiger partial charge in [-0.05, 0) is 79.4 Å². The van der Waals surface area contributed by atoms with E-state index < -0.39 is 5.97 Å². The van der Waals surface area contributed by atoms with Crippen LogP contribution in [0.5, 0.6) is 5.75 Å². The van der Waals surface area contributed by atoms with Crippen LogP contribution in [-0.4, -0.2) is 43.7 Å². The normalized spacial score (nSPS) is 18.2. The summed E-state index contributed by atoms with van der Waals surface area (Å²) in [5.74, 6) is 0.402. The Morgan fingerprint density at radius 2 is 2.00 bits per heavy atom. The molecular formula is C24H27NO3. The summed E-state index contributed by atoms with van der Waals surface area (Å²) in [7, 11) is 5.89. The molecule has 0 bridgehead atoms. The summed E-state index contributed by atoms with van der Waals surface area (Å²) in [5, 5.41) is 9.22. The maximum Gasteiger partial charge on any atom is 0.335 e. The average Bonchev–Trinajstić information content (AvgIpc) is 2.69. The minimum Gasteiger partial charge on any atom is -0.497 e. The van der Waals surface area contributed by atoms with Crippen molar-refractivity contribution < 1.29 is 14.6 Å². The molecule has 0 saturated carbocycles. The number of benzene rings is 2. The number of hydrogen-bond donors (Lipinski definition) is 1. The fourth-order valence-corrected chi connectivity index (χ4v) is 3.73. The summed E-state index contributed by atoms with van der Waals surface area (Å²) in [6.07, 6.45) is 6.40. The van der Waals surface area contributed by atoms with E-state index in [4.69, 9.17) is 4.74 Å². The maximum absolute atomic E-state index is 11.2. The lowest BCUT2D eigenvalue weighted by Crippen LogP contribution is -2.24. The van der Waals surface area contributed by atoms with Crippen molar-refractivity contribution in [3.05, 3.63) is 76.9 Å². The Labute approximate surface area is 166 Å². The van der Waals surface area contributed by atoms with E-state index >= 15 is 0 Å². The van der Waals surface area contributed by atoms with E-state index in [1.807, 2.05) is 18.2 Å². The molecule has 3 rings (SSSR count). The molecule has 4 heteroatoms. The van der Waals surface area contributed by atoms with Crippen molar-refractivity contribution in [3.8, 4) is 5.75 Å². The van der Waals surface area contributed by atoms with Gasteiger partial charge in [0.2, 0.25) is 0 Å². The molecular weight excluding hydrogens is 350 g/mol. The molecule has 1 aliphatic rings. The van der Waals surface area contributed by atoms with Crippen LogP contribution in [0, 0.1) is 5.92 Å². The Morgan fingerprint density at radius 3 is 2.71 bits per heavy atom. The number of carboxylic acid groups (broad SMARTS) is 1. The van der Waals surface area contributed by atoms with Crippen molar-refractivity contribution in [1.82, 2.24) is 4.90 Å². The van der Waals surface area contributed by atoms with Gasteiger partial charge in [0.15, 0.2) is 0 Å². The molecule has 0 saturated heterocycles. The van der Waals surface area contributed by atoms with E-state index in [-0.39, 0.29) is 0 Å². The molecule has 1 N–H and O–H groups in total. The third-order valence-electron chi connectivity index (χ3n) is 5.04. The topological polar surface area (TPSA) is 49.8 Å². The van der Waals surface area contributed by atoms with Crippen LogP contribution in [0.25, 0.3) is 11.6 Å². The van der Waals surface area contributed by atoms with E-state index in [2.05, 4.69) is 43.3 Å². The lowest BCUT2D eigenvalue weighted by molar-refractivity contribution is 0.0697. The highest BCUT2D eigenvalue weighted by Gasteiger charge is 2.22. The van der Waals surface area contributed by atoms with E-state index in [0.717, 1.165) is 30.7 Å². The number of methoxy groups -OCH3 is 1. The highest BCUT2D eigenvalue weighted by Crippen LogP contribution is 2.37. The number of hydrogen-bond acceptors (Lipinski definition) is 3. The lowest BCUT2D eigenvalue weighted by Gasteiger charge is -2.28. The van der Waals surface area contributed by atoms with Crippen LogP contribution in [0.3, 0.4) is 0 Å². The van der Waals surface area contributed by atoms with Gasteiger partial charge in [0.25, 0.3) is 0 Å². The van der Waals surface area contributed by atoms with Crippen molar-refractivity contribution in [1.29, 1.82) is 0 Å². The summed E-state index contributed by atoms with van der Waals surface area (Å²) in [4.78, 5) is 13.5. The summed E-state index contributed by atoms with van der Waals surface area (Å²) in [6.45, 7) is 0.991. The largest absolute Gasteiger partial charge is 0.497 e. The smallest absolute Gasteiger partial charge is 0.335 e. The maximum atomic E-state index is 11.2. The minimum absolute atomic E-state index is 0.313. The number of carbonyl (C=O) groups is 1. The van der Waals surface area contributed by atoms with Crippen molar-refractivity contribution in [2.24, 2.45) is 5.92 Å². The van der Waals surface area contributed by atoms with Crippen LogP contribution < -0.4 is 4.74 Å². The van der Waals surface area contributed by atoms with Crippen molar-refractivity contribution in [2.75, 3.05) is 27.7 Å². The van der Waals surface area contributed by atoms with Gasteiger partial charge in [-0.2, -0.15) is 0 Å². The molecule has 0 heterocycles. The second-order valence-electron chi connectivity index (χ2n) is 7.48. The molecule has 0 radical (unpaired) electrons. The SMILES string of the molecule is COc1cccc(C2=CC(=Cc3cccc(C(=O)O)c3)CCC2CN(C)C)c1. The summed E-state index contributed by atoms with van der Waals surface area (Å²) in [6, 6.07) is 15.3. The summed E-state index contributed by atoms with van der Waals surface area (Å²) in [5.41, 5.74) is 4.93. The molecule has 0 spiro atoms. The van der Waals surface area contributed by atoms with Crippen LogP contribution in [0.15, 0.2) is 60.2 Å². The first-order chi connectivity index (χ1) is 13.5. The highest BCUT2D eigenvalue weighted by atomic mass is 16.5. The van der Waals surface area contributed by atoms with Crippen LogP contribution in [-0.2, 0) is 0 Å². The first-order valence-electron chi connectivity index (χ1n) is 9.51. The molecule has 28 heavy (non-hydrogen) atoms. The molecule has 146 valence electrons. The van der Waals surface area contributed by atoms with Crippen LogP contribution >= 0.6 is 0 Å². The van der Waals surface area contributed by atoms with Crippen molar-refractivity contribution >= 4 is 17.6 Å². The average molecular weight is 377 g/mol. The molecule has 0 aliphatic heterocycles. The zero-order valence-electron chi connectivity index (χ0n) is 16.7. The van der Waals surface area contributed by atoms with E-state index in [0.29, 0.717) is 11.5 Å². The van der Waals surface area contributed by atoms with E-state index in [9.17, 15) is 9.90 Å². The van der Waals surface area contributed by atoms with Gasteiger partial charge in [0.05, 0.1) is 12.7 Å². The monoisotopic (exact) mass is 377 g/mol. The molecule has 0 aromatic heterocycles. The van der Waals surface area contributed by atoms with Gasteiger partial charge >= 0.3 is 5.97 Å². The molecule has 2 aromatic rings. The zero-order valence-corrected chi connectivity index (χ0v) is 16.7. The first kappa shape index (κ1) is 19.9. The van der Waals surface area contributed by atoms with Gasteiger partial charge < -0.3 is 14.7 Å². The van der Waals surface area contributed by atoms with Gasteiger partial charge in [-0.15, -0.1) is 0 Å². The van der Waals surface area contributed by atoms with Crippen LogP contribution in [0.2, 0.25) is 0 Å². The predicted molar refractivity (Wildman–Crippen MR) is 114 cm³/mol. The number of nitrogens with zero attached hydrogens (tertiary/aromatic N) is 1. The fourth-order valence-electron chi connectivity index (χ4n) is 3.73. The lowest BCUT2D eigenvalue weighted by atomic mass is 9.81. The number of rotatable bonds is 6. The van der Waals surface area contributed by atoms with Gasteiger partial charge in [-0.3, -0.25) is 0 Å². The first-order valence-corrected chi connectivity index (χ1v) is 9.51. The fraction of sp³-hybridized carbons (Fsp3) is 0.292.